The number of aliphatic hydroxyl groups excluding tert-OH is 1. The Morgan fingerprint density at radius 3 is 2.67 bits per heavy atom. The first-order valence-corrected chi connectivity index (χ1v) is 4.65. The lowest BCUT2D eigenvalue weighted by atomic mass is 9.85. The number of aromatic nitrogens is 2. The van der Waals surface area contributed by atoms with Crippen molar-refractivity contribution in [1.29, 1.82) is 0 Å². The summed E-state index contributed by atoms with van der Waals surface area (Å²) in [6.07, 6.45) is 2.17. The number of carbonyl (C=O) groups is 1. The first-order valence-electron chi connectivity index (χ1n) is 4.65. The number of rotatable bonds is 3. The van der Waals surface area contributed by atoms with E-state index in [0.29, 0.717) is 5.82 Å². The predicted molar refractivity (Wildman–Crippen MR) is 54.3 cm³/mol. The van der Waals surface area contributed by atoms with E-state index in [0.717, 1.165) is 0 Å². The van der Waals surface area contributed by atoms with Crippen molar-refractivity contribution in [1.82, 2.24) is 9.55 Å². The topological polar surface area (TPSA) is 64.3 Å². The average Bonchev–Trinajstić information content (AvgIpc) is 2.62. The molecule has 0 radical (unpaired) electrons. The van der Waals surface area contributed by atoms with Gasteiger partial charge in [-0.25, -0.2) is 9.78 Å². The molecule has 0 aliphatic rings. The van der Waals surface area contributed by atoms with Gasteiger partial charge in [0.1, 0.15) is 5.82 Å². The Morgan fingerprint density at radius 2 is 2.27 bits per heavy atom. The van der Waals surface area contributed by atoms with Crippen molar-refractivity contribution in [3.63, 3.8) is 0 Å². The van der Waals surface area contributed by atoms with Gasteiger partial charge in [-0.3, -0.25) is 0 Å². The van der Waals surface area contributed by atoms with Crippen LogP contribution in [0.5, 0.6) is 0 Å². The van der Waals surface area contributed by atoms with E-state index in [1.807, 2.05) is 7.05 Å². The summed E-state index contributed by atoms with van der Waals surface area (Å²) in [4.78, 5) is 15.4. The first kappa shape index (κ1) is 11.7. The summed E-state index contributed by atoms with van der Waals surface area (Å²) in [7, 11) is 3.06. The number of esters is 1. The maximum absolute atomic E-state index is 11.3. The molecule has 0 fully saturated rings. The molecule has 0 aliphatic carbocycles. The van der Waals surface area contributed by atoms with Gasteiger partial charge in [-0.1, -0.05) is 0 Å². The second-order valence-corrected chi connectivity index (χ2v) is 4.01. The predicted octanol–water partition coefficient (Wildman–Crippen LogP) is 0.232. The van der Waals surface area contributed by atoms with E-state index in [9.17, 15) is 9.90 Å². The highest BCUT2D eigenvalue weighted by Gasteiger charge is 2.38. The minimum absolute atomic E-state index is 0.639. The van der Waals surface area contributed by atoms with E-state index in [1.165, 1.54) is 7.11 Å². The molecule has 1 heterocycles. The number of imidazole rings is 1. The largest absolute Gasteiger partial charge is 0.467 e. The van der Waals surface area contributed by atoms with Crippen LogP contribution in [0.4, 0.5) is 0 Å². The third-order valence-corrected chi connectivity index (χ3v) is 2.51. The molecule has 0 aliphatic heterocycles. The smallest absolute Gasteiger partial charge is 0.335 e. The van der Waals surface area contributed by atoms with Crippen LogP contribution in [0.1, 0.15) is 19.7 Å². The van der Waals surface area contributed by atoms with Gasteiger partial charge in [-0.15, -0.1) is 0 Å². The summed E-state index contributed by atoms with van der Waals surface area (Å²) in [5.74, 6) is -0.0107. The fraction of sp³-hybridized carbons (Fsp3) is 0.600. The van der Waals surface area contributed by atoms with Crippen LogP contribution in [0.15, 0.2) is 12.4 Å². The van der Waals surface area contributed by atoms with E-state index >= 15 is 0 Å². The summed E-state index contributed by atoms with van der Waals surface area (Å²) < 4.78 is 6.28. The minimum atomic E-state index is -1.22. The molecule has 5 nitrogen and oxygen atoms in total. The van der Waals surface area contributed by atoms with E-state index in [4.69, 9.17) is 0 Å². The third-order valence-electron chi connectivity index (χ3n) is 2.51. The number of nitrogens with zero attached hydrogens (tertiary/aromatic N) is 2. The van der Waals surface area contributed by atoms with Crippen LogP contribution in [0.2, 0.25) is 0 Å². The normalized spacial score (nSPS) is 13.7. The van der Waals surface area contributed by atoms with Gasteiger partial charge in [0.25, 0.3) is 0 Å². The van der Waals surface area contributed by atoms with Crippen LogP contribution in [-0.4, -0.2) is 33.8 Å². The minimum Gasteiger partial charge on any atom is -0.467 e. The van der Waals surface area contributed by atoms with Crippen molar-refractivity contribution < 1.29 is 14.6 Å². The average molecular weight is 212 g/mol. The van der Waals surface area contributed by atoms with Gasteiger partial charge in [0.2, 0.25) is 0 Å². The monoisotopic (exact) mass is 212 g/mol. The zero-order chi connectivity index (χ0) is 11.6. The van der Waals surface area contributed by atoms with Crippen LogP contribution >= 0.6 is 0 Å². The molecule has 1 N–H and O–H groups in total. The van der Waals surface area contributed by atoms with Gasteiger partial charge < -0.3 is 14.4 Å². The Kier molecular flexibility index (Phi) is 3.14. The summed E-state index contributed by atoms with van der Waals surface area (Å²) >= 11 is 0. The third kappa shape index (κ3) is 2.02. The Bertz CT molecular complexity index is 357. The summed E-state index contributed by atoms with van der Waals surface area (Å²) in [5, 5.41) is 9.81. The molecule has 84 valence electrons. The Labute approximate surface area is 88.7 Å². The molecule has 1 rings (SSSR count). The number of hydrogen-bond donors (Lipinski definition) is 1. The fourth-order valence-electron chi connectivity index (χ4n) is 1.52. The number of methoxy groups -OCH3 is 1. The molecule has 0 saturated heterocycles. The highest BCUT2D eigenvalue weighted by atomic mass is 16.5. The standard InChI is InChI=1S/C10H16N2O3/c1-10(2,7(13)8(14)15-4)9-11-5-6-12(9)3/h5-7,13H,1-4H3. The molecule has 0 bridgehead atoms. The van der Waals surface area contributed by atoms with Crippen LogP contribution in [0, 0.1) is 0 Å². The second kappa shape index (κ2) is 4.02. The number of aryl methyl sites for hydroxylation is 1. The summed E-state index contributed by atoms with van der Waals surface area (Å²) in [6, 6.07) is 0. The van der Waals surface area contributed by atoms with Crippen molar-refractivity contribution in [3.8, 4) is 0 Å². The molecule has 0 aromatic carbocycles. The molecular weight excluding hydrogens is 196 g/mol. The lowest BCUT2D eigenvalue weighted by Gasteiger charge is -2.27. The molecule has 0 amide bonds. The molecular formula is C10H16N2O3. The molecule has 15 heavy (non-hydrogen) atoms. The molecule has 1 aromatic heterocycles. The van der Waals surface area contributed by atoms with Gasteiger partial charge in [-0.05, 0) is 13.8 Å². The molecule has 1 unspecified atom stereocenters. The number of hydrogen-bond acceptors (Lipinski definition) is 4. The van der Waals surface area contributed by atoms with E-state index in [1.54, 1.807) is 30.8 Å². The van der Waals surface area contributed by atoms with Crippen molar-refractivity contribution in [3.05, 3.63) is 18.2 Å². The van der Waals surface area contributed by atoms with Gasteiger partial charge in [-0.2, -0.15) is 0 Å². The van der Waals surface area contributed by atoms with Crippen LogP contribution in [0.3, 0.4) is 0 Å². The number of ether oxygens (including phenoxy) is 1. The van der Waals surface area contributed by atoms with Crippen LogP contribution in [0.25, 0.3) is 0 Å². The van der Waals surface area contributed by atoms with Crippen molar-refractivity contribution in [2.75, 3.05) is 7.11 Å². The molecule has 1 aromatic rings. The zero-order valence-corrected chi connectivity index (χ0v) is 9.39. The number of carbonyl (C=O) groups excluding carboxylic acids is 1. The lowest BCUT2D eigenvalue weighted by molar-refractivity contribution is -0.154. The summed E-state index contributed by atoms with van der Waals surface area (Å²) in [6.45, 7) is 3.49. The fourth-order valence-corrected chi connectivity index (χ4v) is 1.52. The Balaban J connectivity index is 3.02. The Hall–Kier alpha value is -1.36. The molecule has 5 heteroatoms. The maximum atomic E-state index is 11.3. The van der Waals surface area contributed by atoms with E-state index < -0.39 is 17.5 Å². The maximum Gasteiger partial charge on any atom is 0.335 e. The zero-order valence-electron chi connectivity index (χ0n) is 9.39. The van der Waals surface area contributed by atoms with Crippen LogP contribution < -0.4 is 0 Å². The lowest BCUT2D eigenvalue weighted by Crippen LogP contribution is -2.42. The highest BCUT2D eigenvalue weighted by Crippen LogP contribution is 2.25. The first-order chi connectivity index (χ1) is 6.91. The van der Waals surface area contributed by atoms with Crippen molar-refractivity contribution >= 4 is 5.97 Å². The van der Waals surface area contributed by atoms with Gasteiger partial charge >= 0.3 is 5.97 Å². The Morgan fingerprint density at radius 1 is 1.67 bits per heavy atom. The molecule has 1 atom stereocenters. The van der Waals surface area contributed by atoms with Gasteiger partial charge in [0, 0.05) is 19.4 Å². The summed E-state index contributed by atoms with van der Waals surface area (Å²) in [5.41, 5.74) is -0.772. The molecule has 0 saturated carbocycles. The second-order valence-electron chi connectivity index (χ2n) is 4.01. The number of aliphatic hydroxyl groups is 1. The van der Waals surface area contributed by atoms with E-state index in [-0.39, 0.29) is 0 Å². The van der Waals surface area contributed by atoms with Gasteiger partial charge in [0.15, 0.2) is 6.10 Å². The van der Waals surface area contributed by atoms with Crippen LogP contribution in [-0.2, 0) is 22.0 Å². The van der Waals surface area contributed by atoms with Crippen molar-refractivity contribution in [2.24, 2.45) is 7.05 Å². The highest BCUT2D eigenvalue weighted by molar-refractivity contribution is 5.76. The van der Waals surface area contributed by atoms with E-state index in [2.05, 4.69) is 9.72 Å². The van der Waals surface area contributed by atoms with Crippen molar-refractivity contribution in [2.45, 2.75) is 25.4 Å². The SMILES string of the molecule is COC(=O)C(O)C(C)(C)c1nccn1C. The quantitative estimate of drug-likeness (QED) is 0.728. The van der Waals surface area contributed by atoms with Gasteiger partial charge in [0.05, 0.1) is 12.5 Å². The molecule has 0 spiro atoms.